The van der Waals surface area contributed by atoms with Crippen molar-refractivity contribution in [2.75, 3.05) is 12.1 Å². The first kappa shape index (κ1) is 40.1. The highest BCUT2D eigenvalue weighted by Crippen LogP contribution is 2.44. The van der Waals surface area contributed by atoms with Gasteiger partial charge in [0, 0.05) is 6.42 Å². The molecule has 1 amide bonds. The summed E-state index contributed by atoms with van der Waals surface area (Å²) >= 11 is 0. The number of imidazole rings is 1. The van der Waals surface area contributed by atoms with Crippen LogP contribution in [0.25, 0.3) is 11.2 Å². The number of aromatic nitrogens is 4. The van der Waals surface area contributed by atoms with Gasteiger partial charge in [-0.1, -0.05) is 42.5 Å². The fraction of sp³-hybridized carbons (Fsp3) is 0.459. The predicted octanol–water partition coefficient (Wildman–Crippen LogP) is 5.30. The second kappa shape index (κ2) is 18.8. The molecule has 0 radical (unpaired) electrons. The van der Waals surface area contributed by atoms with Crippen molar-refractivity contribution in [3.63, 3.8) is 0 Å². The maximum absolute atomic E-state index is 14.3. The summed E-state index contributed by atoms with van der Waals surface area (Å²) in [5.41, 5.74) is 8.36. The molecule has 2 heterocycles. The van der Waals surface area contributed by atoms with Crippen LogP contribution in [-0.4, -0.2) is 74.3 Å². The van der Waals surface area contributed by atoms with Crippen molar-refractivity contribution in [3.05, 3.63) is 78.4 Å². The summed E-state index contributed by atoms with van der Waals surface area (Å²) in [7, 11) is -3.91. The number of carbonyl (C=O) groups is 3. The number of esters is 2. The van der Waals surface area contributed by atoms with Gasteiger partial charge in [0.15, 0.2) is 11.5 Å². The average molecular weight is 766 g/mol. The molecule has 1 aliphatic carbocycles. The summed E-state index contributed by atoms with van der Waals surface area (Å²) in [4.78, 5) is 51.2. The number of hydrogen-bond acceptors (Lipinski definition) is 13. The SMILES string of the molecule is CC(C)OC(=O)[C@H](C)N[P@@](=O)(CO[C@H](C)Cn1cnc2c(N)ncnc21)Oc1ccc(C[C@H](NC(=O)OCc2ccccc2)C(=O)OC2CCCC2)cc1. The van der Waals surface area contributed by atoms with E-state index in [1.54, 1.807) is 55.9 Å². The van der Waals surface area contributed by atoms with Crippen LogP contribution < -0.4 is 20.7 Å². The second-order valence-corrected chi connectivity index (χ2v) is 15.5. The first-order valence-electron chi connectivity index (χ1n) is 17.9. The minimum absolute atomic E-state index is 0.0397. The molecule has 4 aromatic rings. The molecule has 16 nitrogen and oxygen atoms in total. The molecule has 17 heteroatoms. The lowest BCUT2D eigenvalue weighted by atomic mass is 10.1. The first-order chi connectivity index (χ1) is 25.9. The van der Waals surface area contributed by atoms with Gasteiger partial charge in [-0.05, 0) is 76.6 Å². The number of hydrogen-bond donors (Lipinski definition) is 3. The monoisotopic (exact) mass is 765 g/mol. The fourth-order valence-corrected chi connectivity index (χ4v) is 7.59. The molecule has 0 bridgehead atoms. The Bertz CT molecular complexity index is 1900. The zero-order valence-corrected chi connectivity index (χ0v) is 31.8. The predicted molar refractivity (Wildman–Crippen MR) is 199 cm³/mol. The van der Waals surface area contributed by atoms with Gasteiger partial charge < -0.3 is 39.1 Å². The van der Waals surface area contributed by atoms with Crippen molar-refractivity contribution in [3.8, 4) is 5.75 Å². The van der Waals surface area contributed by atoms with Crippen molar-refractivity contribution in [1.82, 2.24) is 29.9 Å². The van der Waals surface area contributed by atoms with Gasteiger partial charge in [0.2, 0.25) is 0 Å². The van der Waals surface area contributed by atoms with E-state index in [1.807, 2.05) is 30.3 Å². The molecule has 5 rings (SSSR count). The summed E-state index contributed by atoms with van der Waals surface area (Å²) < 4.78 is 44.5. The minimum Gasteiger partial charge on any atom is -0.462 e. The van der Waals surface area contributed by atoms with Gasteiger partial charge in [0.05, 0.1) is 25.1 Å². The Kier molecular flexibility index (Phi) is 14.0. The summed E-state index contributed by atoms with van der Waals surface area (Å²) in [6.45, 7) is 7.08. The van der Waals surface area contributed by atoms with E-state index < -0.39 is 50.1 Å². The van der Waals surface area contributed by atoms with Gasteiger partial charge in [0.25, 0.3) is 0 Å². The van der Waals surface area contributed by atoms with Crippen LogP contribution in [0.1, 0.15) is 64.5 Å². The van der Waals surface area contributed by atoms with Crippen LogP contribution in [0.5, 0.6) is 5.75 Å². The van der Waals surface area contributed by atoms with E-state index in [0.29, 0.717) is 23.3 Å². The highest BCUT2D eigenvalue weighted by molar-refractivity contribution is 7.57. The van der Waals surface area contributed by atoms with E-state index >= 15 is 0 Å². The van der Waals surface area contributed by atoms with Crippen molar-refractivity contribution in [2.45, 2.75) is 103 Å². The number of alkyl carbamates (subject to hydrolysis) is 1. The Labute approximate surface area is 314 Å². The van der Waals surface area contributed by atoms with Gasteiger partial charge in [-0.3, -0.25) is 9.36 Å². The number of amides is 1. The minimum atomic E-state index is -3.91. The van der Waals surface area contributed by atoms with Gasteiger partial charge in [-0.15, -0.1) is 0 Å². The van der Waals surface area contributed by atoms with E-state index in [-0.39, 0.29) is 36.8 Å². The van der Waals surface area contributed by atoms with E-state index in [2.05, 4.69) is 25.4 Å². The third-order valence-corrected chi connectivity index (χ3v) is 10.3. The van der Waals surface area contributed by atoms with Crippen LogP contribution in [-0.2, 0) is 52.7 Å². The standard InChI is InChI=1S/C37H48N7O9P/c1-24(2)51-35(45)26(4)43-54(48,23-50-25(3)19-44-22-41-32-33(38)39-21-40-34(32)44)53-30-16-14-27(15-17-30)18-31(36(46)52-29-12-8-9-13-29)42-37(47)49-20-28-10-6-5-7-11-28/h5-7,10-11,14-17,21-22,24-26,29,31H,8-9,12-13,18-20,23H2,1-4H3,(H,42,47)(H,43,48)(H2,38,39,40)/t25-,26+,31+,54-/m1/s1. The van der Waals surface area contributed by atoms with Gasteiger partial charge >= 0.3 is 25.6 Å². The van der Waals surface area contributed by atoms with Crippen molar-refractivity contribution in [2.24, 2.45) is 0 Å². The van der Waals surface area contributed by atoms with Crippen LogP contribution >= 0.6 is 7.52 Å². The van der Waals surface area contributed by atoms with Gasteiger partial charge in [-0.2, -0.15) is 0 Å². The van der Waals surface area contributed by atoms with Crippen LogP contribution in [0, 0.1) is 0 Å². The molecule has 0 saturated heterocycles. The molecule has 0 spiro atoms. The van der Waals surface area contributed by atoms with Crippen molar-refractivity contribution < 1.29 is 42.4 Å². The lowest BCUT2D eigenvalue weighted by Crippen LogP contribution is -2.44. The van der Waals surface area contributed by atoms with Crippen LogP contribution in [0.3, 0.4) is 0 Å². The molecule has 2 aromatic carbocycles. The molecule has 0 aliphatic heterocycles. The van der Waals surface area contributed by atoms with Gasteiger partial charge in [-0.25, -0.2) is 29.6 Å². The maximum atomic E-state index is 14.3. The fourth-order valence-electron chi connectivity index (χ4n) is 5.80. The molecule has 1 aliphatic rings. The van der Waals surface area contributed by atoms with E-state index in [0.717, 1.165) is 31.2 Å². The number of benzene rings is 2. The molecular formula is C37H48N7O9P. The number of nitrogens with two attached hydrogens (primary N) is 1. The molecule has 1 saturated carbocycles. The van der Waals surface area contributed by atoms with Crippen molar-refractivity contribution in [1.29, 1.82) is 0 Å². The second-order valence-electron chi connectivity index (χ2n) is 13.5. The van der Waals surface area contributed by atoms with Gasteiger partial charge in [0.1, 0.15) is 48.7 Å². The average Bonchev–Trinajstić information content (AvgIpc) is 3.81. The highest BCUT2D eigenvalue weighted by atomic mass is 31.2. The first-order valence-corrected chi connectivity index (χ1v) is 19.7. The Morgan fingerprint density at radius 2 is 1.67 bits per heavy atom. The summed E-state index contributed by atoms with van der Waals surface area (Å²) in [5.74, 6) is -0.700. The van der Waals surface area contributed by atoms with Crippen LogP contribution in [0.15, 0.2) is 67.3 Å². The topological polar surface area (TPSA) is 208 Å². The highest BCUT2D eigenvalue weighted by Gasteiger charge is 2.33. The van der Waals surface area contributed by atoms with Crippen LogP contribution in [0.2, 0.25) is 0 Å². The molecule has 4 atom stereocenters. The number of anilines is 1. The Balaban J connectivity index is 1.26. The molecule has 4 N–H and O–H groups in total. The third-order valence-electron chi connectivity index (χ3n) is 8.50. The number of nitrogen functional groups attached to an aromatic ring is 1. The molecule has 290 valence electrons. The summed E-state index contributed by atoms with van der Waals surface area (Å²) in [6, 6.07) is 13.7. The van der Waals surface area contributed by atoms with E-state index in [1.165, 1.54) is 13.3 Å². The lowest BCUT2D eigenvalue weighted by Gasteiger charge is -2.25. The largest absolute Gasteiger partial charge is 0.462 e. The number of nitrogens with zero attached hydrogens (tertiary/aromatic N) is 4. The molecule has 54 heavy (non-hydrogen) atoms. The molecule has 1 fully saturated rings. The summed E-state index contributed by atoms with van der Waals surface area (Å²) in [5, 5.41) is 5.46. The van der Waals surface area contributed by atoms with Crippen LogP contribution in [0.4, 0.5) is 10.6 Å². The Hall–Kier alpha value is -5.05. The summed E-state index contributed by atoms with van der Waals surface area (Å²) in [6.07, 6.45) is 4.29. The number of nitrogens with one attached hydrogen (secondary N) is 2. The zero-order valence-electron chi connectivity index (χ0n) is 30.9. The molecular weight excluding hydrogens is 717 g/mol. The Morgan fingerprint density at radius 3 is 2.37 bits per heavy atom. The van der Waals surface area contributed by atoms with Crippen molar-refractivity contribution >= 4 is 42.5 Å². The normalized spacial score (nSPS) is 15.9. The molecule has 0 unspecified atom stereocenters. The zero-order chi connectivity index (χ0) is 38.7. The lowest BCUT2D eigenvalue weighted by molar-refractivity contribution is -0.151. The Morgan fingerprint density at radius 1 is 0.944 bits per heavy atom. The maximum Gasteiger partial charge on any atom is 0.408 e. The van der Waals surface area contributed by atoms with E-state index in [9.17, 15) is 18.9 Å². The number of rotatable bonds is 18. The van der Waals surface area contributed by atoms with E-state index in [4.69, 9.17) is 29.2 Å². The third kappa shape index (κ3) is 11.7. The smallest absolute Gasteiger partial charge is 0.408 e. The quantitative estimate of drug-likeness (QED) is 0.0668. The number of carbonyl (C=O) groups excluding carboxylic acids is 3. The number of fused-ring (bicyclic) bond motifs is 1. The number of ether oxygens (including phenoxy) is 4. The molecule has 2 aromatic heterocycles.